The molecular weight excluding hydrogens is 220 g/mol. The number of rotatable bonds is 3. The summed E-state index contributed by atoms with van der Waals surface area (Å²) < 4.78 is 22.4. The fourth-order valence-corrected chi connectivity index (χ4v) is 3.00. The fraction of sp³-hybridized carbons (Fsp3) is 1.00. The summed E-state index contributed by atoms with van der Waals surface area (Å²) in [6.07, 6.45) is 2.34. The summed E-state index contributed by atoms with van der Waals surface area (Å²) in [5.74, 6) is 0. The van der Waals surface area contributed by atoms with Crippen LogP contribution in [0.5, 0.6) is 0 Å². The molecule has 17 heavy (non-hydrogen) atoms. The first kappa shape index (κ1) is 13.3. The molecule has 0 bridgehead atoms. The summed E-state index contributed by atoms with van der Waals surface area (Å²) in [5.41, 5.74) is 0.0328. The quantitative estimate of drug-likeness (QED) is 0.762. The topological polar surface area (TPSA) is 36.9 Å². The second-order valence-electron chi connectivity index (χ2n) is 5.55. The van der Waals surface area contributed by atoms with E-state index in [1.165, 1.54) is 0 Å². The van der Waals surface area contributed by atoms with Gasteiger partial charge in [0.1, 0.15) is 13.6 Å². The van der Waals surface area contributed by atoms with Crippen molar-refractivity contribution in [1.29, 1.82) is 0 Å². The van der Waals surface area contributed by atoms with Crippen molar-refractivity contribution in [2.45, 2.75) is 39.7 Å². The molecule has 0 aliphatic carbocycles. The molecule has 2 rings (SSSR count). The Kier molecular flexibility index (Phi) is 4.08. The van der Waals surface area contributed by atoms with Crippen LogP contribution in [-0.2, 0) is 18.9 Å². The van der Waals surface area contributed by atoms with Crippen LogP contribution in [0.25, 0.3) is 0 Å². The summed E-state index contributed by atoms with van der Waals surface area (Å²) in [7, 11) is 0. The fourth-order valence-electron chi connectivity index (χ4n) is 3.00. The third kappa shape index (κ3) is 2.36. The van der Waals surface area contributed by atoms with Crippen molar-refractivity contribution in [3.63, 3.8) is 0 Å². The minimum atomic E-state index is -0.128. The lowest BCUT2D eigenvalue weighted by Gasteiger charge is -2.51. The number of hydrogen-bond donors (Lipinski definition) is 0. The van der Waals surface area contributed by atoms with Gasteiger partial charge in [-0.15, -0.1) is 0 Å². The van der Waals surface area contributed by atoms with Crippen LogP contribution in [0.15, 0.2) is 0 Å². The van der Waals surface area contributed by atoms with Crippen LogP contribution in [0.3, 0.4) is 0 Å². The molecule has 0 saturated carbocycles. The normalized spacial score (nSPS) is 29.5. The Balaban J connectivity index is 2.21. The molecule has 2 fully saturated rings. The molecule has 1 atom stereocenters. The molecule has 2 aliphatic heterocycles. The lowest BCUT2D eigenvalue weighted by atomic mass is 9.66. The Morgan fingerprint density at radius 3 is 2.06 bits per heavy atom. The van der Waals surface area contributed by atoms with Crippen molar-refractivity contribution in [2.75, 3.05) is 33.4 Å². The maximum absolute atomic E-state index is 5.94. The van der Waals surface area contributed by atoms with Gasteiger partial charge in [0.15, 0.2) is 0 Å². The molecule has 4 nitrogen and oxygen atoms in total. The van der Waals surface area contributed by atoms with Crippen molar-refractivity contribution in [1.82, 2.24) is 0 Å². The van der Waals surface area contributed by atoms with Gasteiger partial charge in [0.25, 0.3) is 0 Å². The van der Waals surface area contributed by atoms with Crippen molar-refractivity contribution < 1.29 is 18.9 Å². The molecule has 4 heteroatoms. The summed E-state index contributed by atoms with van der Waals surface area (Å²) >= 11 is 0. The second-order valence-corrected chi connectivity index (χ2v) is 5.55. The third-order valence-electron chi connectivity index (χ3n) is 4.46. The Hall–Kier alpha value is -0.160. The van der Waals surface area contributed by atoms with Crippen molar-refractivity contribution in [3.05, 3.63) is 0 Å². The molecule has 100 valence electrons. The van der Waals surface area contributed by atoms with Crippen LogP contribution in [0.1, 0.15) is 33.6 Å². The Morgan fingerprint density at radius 2 is 1.53 bits per heavy atom. The van der Waals surface area contributed by atoms with E-state index in [0.29, 0.717) is 33.4 Å². The van der Waals surface area contributed by atoms with E-state index in [-0.39, 0.29) is 16.9 Å². The third-order valence-corrected chi connectivity index (χ3v) is 4.46. The van der Waals surface area contributed by atoms with Crippen molar-refractivity contribution >= 4 is 0 Å². The van der Waals surface area contributed by atoms with Gasteiger partial charge in [-0.25, -0.2) is 0 Å². The second kappa shape index (κ2) is 5.22. The molecule has 1 unspecified atom stereocenters. The summed E-state index contributed by atoms with van der Waals surface area (Å²) in [6, 6.07) is 0. The first-order valence-corrected chi connectivity index (χ1v) is 6.52. The molecule has 0 radical (unpaired) electrons. The van der Waals surface area contributed by atoms with Gasteiger partial charge < -0.3 is 18.9 Å². The number of ether oxygens (including phenoxy) is 4. The molecule has 1 spiro atoms. The van der Waals surface area contributed by atoms with Crippen LogP contribution in [0.2, 0.25) is 0 Å². The zero-order valence-electron chi connectivity index (χ0n) is 11.2. The van der Waals surface area contributed by atoms with Crippen molar-refractivity contribution in [3.8, 4) is 0 Å². The predicted molar refractivity (Wildman–Crippen MR) is 63.6 cm³/mol. The highest BCUT2D eigenvalue weighted by Crippen LogP contribution is 2.45. The maximum Gasteiger partial charge on any atom is 0.147 e. The molecule has 2 saturated heterocycles. The van der Waals surface area contributed by atoms with Gasteiger partial charge in [0, 0.05) is 0 Å². The van der Waals surface area contributed by atoms with E-state index in [1.54, 1.807) is 0 Å². The Morgan fingerprint density at radius 1 is 1.00 bits per heavy atom. The smallest absolute Gasteiger partial charge is 0.147 e. The van der Waals surface area contributed by atoms with Gasteiger partial charge in [0.2, 0.25) is 0 Å². The minimum absolute atomic E-state index is 0.128. The van der Waals surface area contributed by atoms with Gasteiger partial charge >= 0.3 is 0 Å². The highest BCUT2D eigenvalue weighted by Gasteiger charge is 2.52. The highest BCUT2D eigenvalue weighted by atomic mass is 16.7. The largest absolute Gasteiger partial charge is 0.355 e. The first-order chi connectivity index (χ1) is 8.17. The van der Waals surface area contributed by atoms with Gasteiger partial charge in [-0.1, -0.05) is 20.8 Å². The lowest BCUT2D eigenvalue weighted by Crippen LogP contribution is -2.59. The van der Waals surface area contributed by atoms with E-state index in [9.17, 15) is 0 Å². The van der Waals surface area contributed by atoms with E-state index in [4.69, 9.17) is 18.9 Å². The molecule has 0 aromatic carbocycles. The Bertz CT molecular complexity index is 236. The average molecular weight is 244 g/mol. The van der Waals surface area contributed by atoms with E-state index < -0.39 is 0 Å². The van der Waals surface area contributed by atoms with Crippen LogP contribution in [-0.4, -0.2) is 39.5 Å². The van der Waals surface area contributed by atoms with Gasteiger partial charge in [-0.2, -0.15) is 0 Å². The number of hydrogen-bond acceptors (Lipinski definition) is 4. The van der Waals surface area contributed by atoms with Gasteiger partial charge in [-0.3, -0.25) is 0 Å². The van der Waals surface area contributed by atoms with Gasteiger partial charge in [0.05, 0.1) is 31.3 Å². The molecule has 0 aromatic heterocycles. The van der Waals surface area contributed by atoms with Crippen molar-refractivity contribution in [2.24, 2.45) is 10.8 Å². The van der Waals surface area contributed by atoms with Crippen LogP contribution in [0.4, 0.5) is 0 Å². The SMILES string of the molecule is CCC(C)(CC)C1OCOCC12COCOC2. The summed E-state index contributed by atoms with van der Waals surface area (Å²) in [4.78, 5) is 0. The molecule has 2 heterocycles. The Labute approximate surface area is 104 Å². The summed E-state index contributed by atoms with van der Waals surface area (Å²) in [6.45, 7) is 9.54. The zero-order chi connectivity index (χ0) is 12.4. The predicted octanol–water partition coefficient (Wildman–Crippen LogP) is 2.18. The molecule has 0 N–H and O–H groups in total. The van der Waals surface area contributed by atoms with E-state index in [1.807, 2.05) is 0 Å². The van der Waals surface area contributed by atoms with Crippen LogP contribution >= 0.6 is 0 Å². The minimum Gasteiger partial charge on any atom is -0.355 e. The molecule has 2 aliphatic rings. The van der Waals surface area contributed by atoms with E-state index in [2.05, 4.69) is 20.8 Å². The molecule has 0 aromatic rings. The molecular formula is C13H24O4. The average Bonchev–Trinajstić information content (AvgIpc) is 2.39. The summed E-state index contributed by atoms with van der Waals surface area (Å²) in [5, 5.41) is 0. The standard InChI is InChI=1S/C13H24O4/c1-4-12(3,5-2)11-13(8-16-10-17-11)6-14-9-15-7-13/h11H,4-10H2,1-3H3. The highest BCUT2D eigenvalue weighted by molar-refractivity contribution is 4.98. The van der Waals surface area contributed by atoms with Gasteiger partial charge in [-0.05, 0) is 18.3 Å². The first-order valence-electron chi connectivity index (χ1n) is 6.52. The monoisotopic (exact) mass is 244 g/mol. The van der Waals surface area contributed by atoms with E-state index >= 15 is 0 Å². The van der Waals surface area contributed by atoms with Crippen LogP contribution in [0, 0.1) is 10.8 Å². The van der Waals surface area contributed by atoms with E-state index in [0.717, 1.165) is 12.8 Å². The zero-order valence-corrected chi connectivity index (χ0v) is 11.2. The molecule has 0 amide bonds. The maximum atomic E-state index is 5.94. The van der Waals surface area contributed by atoms with Crippen LogP contribution < -0.4 is 0 Å². The lowest BCUT2D eigenvalue weighted by molar-refractivity contribution is -0.298.